The van der Waals surface area contributed by atoms with E-state index in [0.717, 1.165) is 55.8 Å². The van der Waals surface area contributed by atoms with E-state index in [1.807, 2.05) is 10.9 Å². The number of rotatable bonds is 5. The molecule has 2 saturated heterocycles. The molecule has 35 heavy (non-hydrogen) atoms. The first kappa shape index (κ1) is 24.8. The lowest BCUT2D eigenvalue weighted by Crippen LogP contribution is -2.59. The Morgan fingerprint density at radius 1 is 1.17 bits per heavy atom. The van der Waals surface area contributed by atoms with E-state index in [2.05, 4.69) is 10.00 Å². The standard InChI is InChI=1S/C25H35FN4O4S/c1-24(2,3)34-35(31,32)29-9-8-20-14-23-19(16-27-30(23)22-6-4-21(26)5-7-22)15-25(20,18-29)17-28-10-12-33-13-11-28/h4-7,16,20H,8-15,17-18H2,1-3H3/t20-,25-/m0/s1. The van der Waals surface area contributed by atoms with E-state index in [9.17, 15) is 12.8 Å². The Kier molecular flexibility index (Phi) is 6.54. The fraction of sp³-hybridized carbons (Fsp3) is 0.640. The van der Waals surface area contributed by atoms with Crippen molar-refractivity contribution < 1.29 is 21.7 Å². The quantitative estimate of drug-likeness (QED) is 0.621. The van der Waals surface area contributed by atoms with Gasteiger partial charge < -0.3 is 4.74 Å². The van der Waals surface area contributed by atoms with Crippen LogP contribution in [0.2, 0.25) is 0 Å². The number of ether oxygens (including phenoxy) is 1. The zero-order valence-electron chi connectivity index (χ0n) is 20.7. The molecule has 0 N–H and O–H groups in total. The molecule has 2 fully saturated rings. The predicted octanol–water partition coefficient (Wildman–Crippen LogP) is 2.81. The summed E-state index contributed by atoms with van der Waals surface area (Å²) in [5.41, 5.74) is 2.08. The summed E-state index contributed by atoms with van der Waals surface area (Å²) in [5.74, 6) is 0.0280. The SMILES string of the molecule is CC(C)(C)OS(=O)(=O)N1CC[C@H]2Cc3c(cnn3-c3ccc(F)cc3)C[C@]2(CN2CCOCC2)C1. The third-order valence-corrected chi connectivity index (χ3v) is 9.06. The van der Waals surface area contributed by atoms with Crippen LogP contribution < -0.4 is 0 Å². The van der Waals surface area contributed by atoms with E-state index >= 15 is 0 Å². The fourth-order valence-electron chi connectivity index (χ4n) is 5.87. The molecule has 0 unspecified atom stereocenters. The first-order valence-electron chi connectivity index (χ1n) is 12.4. The molecule has 1 aromatic carbocycles. The van der Waals surface area contributed by atoms with Gasteiger partial charge in [0.1, 0.15) is 5.82 Å². The molecule has 2 aromatic rings. The summed E-state index contributed by atoms with van der Waals surface area (Å²) in [7, 11) is -3.86. The number of piperidine rings is 1. The van der Waals surface area contributed by atoms with Crippen molar-refractivity contribution in [2.75, 3.05) is 45.9 Å². The Bertz CT molecular complexity index is 1160. The van der Waals surface area contributed by atoms with E-state index < -0.39 is 15.9 Å². The van der Waals surface area contributed by atoms with Crippen LogP contribution in [-0.4, -0.2) is 78.9 Å². The van der Waals surface area contributed by atoms with Crippen molar-refractivity contribution in [2.45, 2.75) is 45.6 Å². The van der Waals surface area contributed by atoms with Crippen molar-refractivity contribution in [3.8, 4) is 5.69 Å². The van der Waals surface area contributed by atoms with Gasteiger partial charge in [0, 0.05) is 43.8 Å². The van der Waals surface area contributed by atoms with Crippen LogP contribution in [0.1, 0.15) is 38.4 Å². The number of hydrogen-bond donors (Lipinski definition) is 0. The molecule has 192 valence electrons. The molecule has 0 radical (unpaired) electrons. The van der Waals surface area contributed by atoms with Crippen LogP contribution in [0, 0.1) is 17.2 Å². The highest BCUT2D eigenvalue weighted by Crippen LogP contribution is 2.47. The Morgan fingerprint density at radius 3 is 2.57 bits per heavy atom. The van der Waals surface area contributed by atoms with Gasteiger partial charge in [-0.25, -0.2) is 9.07 Å². The molecular weight excluding hydrogens is 471 g/mol. The maximum atomic E-state index is 13.5. The molecule has 0 spiro atoms. The normalized spacial score (nSPS) is 26.3. The van der Waals surface area contributed by atoms with Crippen molar-refractivity contribution in [3.05, 3.63) is 47.5 Å². The van der Waals surface area contributed by atoms with E-state index in [4.69, 9.17) is 8.92 Å². The fourth-order valence-corrected chi connectivity index (χ4v) is 7.36. The first-order chi connectivity index (χ1) is 16.5. The summed E-state index contributed by atoms with van der Waals surface area (Å²) in [6.45, 7) is 10.1. The first-order valence-corrected chi connectivity index (χ1v) is 13.7. The van der Waals surface area contributed by atoms with Crippen molar-refractivity contribution in [1.29, 1.82) is 0 Å². The highest BCUT2D eigenvalue weighted by Gasteiger charge is 2.51. The highest BCUT2D eigenvalue weighted by molar-refractivity contribution is 7.84. The second-order valence-corrected chi connectivity index (χ2v) is 12.6. The minimum absolute atomic E-state index is 0.242. The molecule has 0 amide bonds. The van der Waals surface area contributed by atoms with E-state index in [-0.39, 0.29) is 11.2 Å². The number of hydrogen-bond acceptors (Lipinski definition) is 6. The third-order valence-electron chi connectivity index (χ3n) is 7.41. The van der Waals surface area contributed by atoms with E-state index in [1.54, 1.807) is 37.2 Å². The molecule has 1 aromatic heterocycles. The van der Waals surface area contributed by atoms with Gasteiger partial charge in [0.05, 0.1) is 30.7 Å². The number of morpholine rings is 1. The second-order valence-electron chi connectivity index (χ2n) is 11.1. The summed E-state index contributed by atoms with van der Waals surface area (Å²) in [6.07, 6.45) is 4.21. The van der Waals surface area contributed by atoms with Crippen LogP contribution in [0.4, 0.5) is 4.39 Å². The Morgan fingerprint density at radius 2 is 1.89 bits per heavy atom. The molecule has 0 bridgehead atoms. The zero-order valence-corrected chi connectivity index (χ0v) is 21.6. The number of aromatic nitrogens is 2. The lowest BCUT2D eigenvalue weighted by molar-refractivity contribution is -0.0264. The van der Waals surface area contributed by atoms with Gasteiger partial charge in [-0.05, 0) is 75.8 Å². The van der Waals surface area contributed by atoms with Gasteiger partial charge in [0.15, 0.2) is 0 Å². The summed E-state index contributed by atoms with van der Waals surface area (Å²) in [5, 5.41) is 4.65. The highest BCUT2D eigenvalue weighted by atomic mass is 32.2. The van der Waals surface area contributed by atoms with Crippen LogP contribution in [0.15, 0.2) is 30.5 Å². The van der Waals surface area contributed by atoms with Gasteiger partial charge in [0.25, 0.3) is 0 Å². The van der Waals surface area contributed by atoms with Gasteiger partial charge in [-0.1, -0.05) is 0 Å². The van der Waals surface area contributed by atoms with Gasteiger partial charge in [-0.3, -0.25) is 9.08 Å². The zero-order chi connectivity index (χ0) is 24.8. The smallest absolute Gasteiger partial charge is 0.338 e. The average molecular weight is 507 g/mol. The minimum Gasteiger partial charge on any atom is -0.379 e. The molecule has 5 rings (SSSR count). The number of fused-ring (bicyclic) bond motifs is 2. The maximum Gasteiger partial charge on any atom is 0.338 e. The second kappa shape index (κ2) is 9.23. The van der Waals surface area contributed by atoms with E-state index in [1.165, 1.54) is 12.1 Å². The molecular formula is C25H35FN4O4S. The summed E-state index contributed by atoms with van der Waals surface area (Å²) in [4.78, 5) is 2.41. The van der Waals surface area contributed by atoms with Gasteiger partial charge >= 0.3 is 10.3 Å². The summed E-state index contributed by atoms with van der Waals surface area (Å²) in [6, 6.07) is 6.40. The van der Waals surface area contributed by atoms with E-state index in [0.29, 0.717) is 32.2 Å². The number of halogens is 1. The molecule has 2 aliphatic heterocycles. The van der Waals surface area contributed by atoms with Crippen LogP contribution in [-0.2, 0) is 32.1 Å². The van der Waals surface area contributed by atoms with Gasteiger partial charge in [-0.15, -0.1) is 0 Å². The topological polar surface area (TPSA) is 76.9 Å². The molecule has 3 heterocycles. The Labute approximate surface area is 207 Å². The van der Waals surface area contributed by atoms with Gasteiger partial charge in [-0.2, -0.15) is 17.8 Å². The Balaban J connectivity index is 1.47. The molecule has 3 aliphatic rings. The van der Waals surface area contributed by atoms with Crippen LogP contribution in [0.3, 0.4) is 0 Å². The van der Waals surface area contributed by atoms with Crippen LogP contribution >= 0.6 is 0 Å². The van der Waals surface area contributed by atoms with Gasteiger partial charge in [0.2, 0.25) is 0 Å². The molecule has 1 aliphatic carbocycles. The lowest BCUT2D eigenvalue weighted by Gasteiger charge is -2.52. The van der Waals surface area contributed by atoms with Crippen molar-refractivity contribution in [1.82, 2.24) is 19.0 Å². The van der Waals surface area contributed by atoms with Crippen molar-refractivity contribution in [2.24, 2.45) is 11.3 Å². The average Bonchev–Trinajstić information content (AvgIpc) is 3.18. The monoisotopic (exact) mass is 506 g/mol. The Hall–Kier alpha value is -1.85. The minimum atomic E-state index is -3.86. The largest absolute Gasteiger partial charge is 0.379 e. The van der Waals surface area contributed by atoms with Crippen molar-refractivity contribution >= 4 is 10.3 Å². The third kappa shape index (κ3) is 5.17. The van der Waals surface area contributed by atoms with Crippen LogP contribution in [0.5, 0.6) is 0 Å². The van der Waals surface area contributed by atoms with Crippen molar-refractivity contribution in [3.63, 3.8) is 0 Å². The molecule has 10 heteroatoms. The predicted molar refractivity (Wildman–Crippen MR) is 130 cm³/mol. The lowest BCUT2D eigenvalue weighted by atomic mass is 9.62. The molecule has 2 atom stereocenters. The van der Waals surface area contributed by atoms with Crippen LogP contribution in [0.25, 0.3) is 5.69 Å². The summed E-state index contributed by atoms with van der Waals surface area (Å²) >= 11 is 0. The molecule has 0 saturated carbocycles. The molecule has 8 nitrogen and oxygen atoms in total. The number of benzene rings is 1. The maximum absolute atomic E-state index is 13.5. The number of nitrogens with zero attached hydrogens (tertiary/aromatic N) is 4. The summed E-state index contributed by atoms with van der Waals surface area (Å²) < 4.78 is 54.4.